The summed E-state index contributed by atoms with van der Waals surface area (Å²) in [4.78, 5) is 30.4. The minimum absolute atomic E-state index is 0.0148. The van der Waals surface area contributed by atoms with Crippen LogP contribution < -0.4 is 20.1 Å². The molecule has 3 aromatic rings. The molecule has 2 amide bonds. The average molecular weight is 410 g/mol. The van der Waals surface area contributed by atoms with Crippen LogP contribution in [0.4, 0.5) is 5.82 Å². The van der Waals surface area contributed by atoms with Gasteiger partial charge in [0, 0.05) is 23.9 Å². The summed E-state index contributed by atoms with van der Waals surface area (Å²) in [5.74, 6) is 0.429. The van der Waals surface area contributed by atoms with Crippen LogP contribution in [0.1, 0.15) is 46.7 Å². The number of benzene rings is 1. The number of imidazole rings is 1. The predicted octanol–water partition coefficient (Wildman–Crippen LogP) is 3.44. The maximum Gasteiger partial charge on any atom is 0.272 e. The van der Waals surface area contributed by atoms with Crippen molar-refractivity contribution in [1.29, 1.82) is 0 Å². The highest BCUT2D eigenvalue weighted by molar-refractivity contribution is 6.08. The molecular formula is C22H26N4O4. The zero-order valence-corrected chi connectivity index (χ0v) is 17.8. The van der Waals surface area contributed by atoms with Crippen LogP contribution in [0.5, 0.6) is 11.5 Å². The lowest BCUT2D eigenvalue weighted by molar-refractivity contribution is 0.0934. The standard InChI is InChI=1S/C22H26N4O4/c1-6-14(3)23-22(28)19-20(24-18-8-7-13(2)12-26(18)19)25-21(27)15-9-16(29-4)11-17(10-15)30-5/h7-12,14H,6H2,1-5H3,(H,23,28)(H,25,27). The Labute approximate surface area is 175 Å². The van der Waals surface area contributed by atoms with Crippen LogP contribution in [0.2, 0.25) is 0 Å². The van der Waals surface area contributed by atoms with Crippen LogP contribution in [-0.2, 0) is 0 Å². The van der Waals surface area contributed by atoms with Crippen molar-refractivity contribution < 1.29 is 19.1 Å². The van der Waals surface area contributed by atoms with Crippen LogP contribution >= 0.6 is 0 Å². The van der Waals surface area contributed by atoms with E-state index < -0.39 is 5.91 Å². The van der Waals surface area contributed by atoms with E-state index in [0.717, 1.165) is 12.0 Å². The Morgan fingerprint density at radius 3 is 2.37 bits per heavy atom. The Balaban J connectivity index is 2.02. The van der Waals surface area contributed by atoms with Crippen molar-refractivity contribution in [1.82, 2.24) is 14.7 Å². The number of amides is 2. The van der Waals surface area contributed by atoms with Gasteiger partial charge in [-0.3, -0.25) is 14.0 Å². The van der Waals surface area contributed by atoms with Crippen LogP contribution in [0.25, 0.3) is 5.65 Å². The second-order valence-corrected chi connectivity index (χ2v) is 7.08. The summed E-state index contributed by atoms with van der Waals surface area (Å²) >= 11 is 0. The molecule has 1 atom stereocenters. The van der Waals surface area contributed by atoms with E-state index in [-0.39, 0.29) is 23.5 Å². The fourth-order valence-electron chi connectivity index (χ4n) is 2.97. The van der Waals surface area contributed by atoms with Gasteiger partial charge >= 0.3 is 0 Å². The molecule has 2 N–H and O–H groups in total. The van der Waals surface area contributed by atoms with Crippen LogP contribution in [0.3, 0.4) is 0 Å². The average Bonchev–Trinajstić information content (AvgIpc) is 3.09. The number of aryl methyl sites for hydroxylation is 1. The Kier molecular flexibility index (Phi) is 6.25. The van der Waals surface area contributed by atoms with E-state index in [1.54, 1.807) is 28.7 Å². The number of aromatic nitrogens is 2. The van der Waals surface area contributed by atoms with Crippen molar-refractivity contribution in [2.75, 3.05) is 19.5 Å². The fraction of sp³-hybridized carbons (Fsp3) is 0.318. The molecule has 0 bridgehead atoms. The number of fused-ring (bicyclic) bond motifs is 1. The van der Waals surface area contributed by atoms with Crippen molar-refractivity contribution in [2.24, 2.45) is 0 Å². The molecule has 8 nitrogen and oxygen atoms in total. The van der Waals surface area contributed by atoms with Gasteiger partial charge < -0.3 is 20.1 Å². The lowest BCUT2D eigenvalue weighted by Gasteiger charge is -2.13. The Bertz CT molecular complexity index is 1070. The first-order chi connectivity index (χ1) is 14.4. The van der Waals surface area contributed by atoms with E-state index in [9.17, 15) is 9.59 Å². The number of pyridine rings is 1. The molecule has 158 valence electrons. The number of hydrogen-bond donors (Lipinski definition) is 2. The number of ether oxygens (including phenoxy) is 2. The van der Waals surface area contributed by atoms with E-state index in [2.05, 4.69) is 15.6 Å². The van der Waals surface area contributed by atoms with Crippen molar-refractivity contribution in [3.8, 4) is 11.5 Å². The minimum atomic E-state index is -0.426. The molecule has 0 radical (unpaired) electrons. The number of anilines is 1. The molecule has 8 heteroatoms. The SMILES string of the molecule is CCC(C)NC(=O)c1c(NC(=O)c2cc(OC)cc(OC)c2)nc2ccc(C)cn12. The third-order valence-corrected chi connectivity index (χ3v) is 4.82. The van der Waals surface area contributed by atoms with E-state index in [4.69, 9.17) is 9.47 Å². The van der Waals surface area contributed by atoms with Gasteiger partial charge in [-0.15, -0.1) is 0 Å². The lowest BCUT2D eigenvalue weighted by Crippen LogP contribution is -2.33. The first-order valence-corrected chi connectivity index (χ1v) is 9.70. The minimum Gasteiger partial charge on any atom is -0.497 e. The third-order valence-electron chi connectivity index (χ3n) is 4.82. The number of nitrogens with zero attached hydrogens (tertiary/aromatic N) is 2. The van der Waals surface area contributed by atoms with Gasteiger partial charge in [0.25, 0.3) is 11.8 Å². The highest BCUT2D eigenvalue weighted by Crippen LogP contribution is 2.24. The quantitative estimate of drug-likeness (QED) is 0.622. The van der Waals surface area contributed by atoms with Crippen molar-refractivity contribution in [2.45, 2.75) is 33.2 Å². The summed E-state index contributed by atoms with van der Waals surface area (Å²) in [5.41, 5.74) is 2.13. The van der Waals surface area contributed by atoms with Crippen molar-refractivity contribution in [3.05, 3.63) is 53.3 Å². The van der Waals surface area contributed by atoms with Gasteiger partial charge in [-0.25, -0.2) is 4.98 Å². The first kappa shape index (κ1) is 21.2. The fourth-order valence-corrected chi connectivity index (χ4v) is 2.97. The maximum atomic E-state index is 13.0. The molecule has 2 aromatic heterocycles. The van der Waals surface area contributed by atoms with E-state index >= 15 is 0 Å². The van der Waals surface area contributed by atoms with E-state index in [1.807, 2.05) is 33.0 Å². The number of methoxy groups -OCH3 is 2. The summed E-state index contributed by atoms with van der Waals surface area (Å²) in [6.07, 6.45) is 2.60. The summed E-state index contributed by atoms with van der Waals surface area (Å²) in [6.45, 7) is 5.84. The number of nitrogens with one attached hydrogen (secondary N) is 2. The van der Waals surface area contributed by atoms with Crippen LogP contribution in [0.15, 0.2) is 36.5 Å². The lowest BCUT2D eigenvalue weighted by atomic mass is 10.2. The molecule has 30 heavy (non-hydrogen) atoms. The molecule has 2 heterocycles. The first-order valence-electron chi connectivity index (χ1n) is 9.70. The van der Waals surface area contributed by atoms with Gasteiger partial charge in [0.05, 0.1) is 14.2 Å². The number of carbonyl (C=O) groups is 2. The monoisotopic (exact) mass is 410 g/mol. The molecule has 0 saturated heterocycles. The predicted molar refractivity (Wildman–Crippen MR) is 115 cm³/mol. The van der Waals surface area contributed by atoms with Gasteiger partial charge in [-0.1, -0.05) is 13.0 Å². The van der Waals surface area contributed by atoms with Gasteiger partial charge in [0.15, 0.2) is 11.5 Å². The molecule has 0 fully saturated rings. The number of hydrogen-bond acceptors (Lipinski definition) is 5. The number of rotatable bonds is 7. The molecule has 1 aromatic carbocycles. The van der Waals surface area contributed by atoms with Gasteiger partial charge in [0.2, 0.25) is 0 Å². The highest BCUT2D eigenvalue weighted by atomic mass is 16.5. The van der Waals surface area contributed by atoms with E-state index in [0.29, 0.717) is 22.7 Å². The Morgan fingerprint density at radius 2 is 1.77 bits per heavy atom. The zero-order valence-electron chi connectivity index (χ0n) is 17.8. The van der Waals surface area contributed by atoms with Gasteiger partial charge in [-0.2, -0.15) is 0 Å². The Hall–Kier alpha value is -3.55. The maximum absolute atomic E-state index is 13.0. The Morgan fingerprint density at radius 1 is 1.10 bits per heavy atom. The zero-order chi connectivity index (χ0) is 21.8. The van der Waals surface area contributed by atoms with E-state index in [1.165, 1.54) is 14.2 Å². The summed E-state index contributed by atoms with van der Waals surface area (Å²) in [5, 5.41) is 5.71. The van der Waals surface area contributed by atoms with Crippen LogP contribution in [-0.4, -0.2) is 41.5 Å². The van der Waals surface area contributed by atoms with Crippen LogP contribution in [0, 0.1) is 6.92 Å². The molecule has 0 aliphatic rings. The normalized spacial score (nSPS) is 11.8. The topological polar surface area (TPSA) is 94.0 Å². The third kappa shape index (κ3) is 4.37. The smallest absolute Gasteiger partial charge is 0.272 e. The highest BCUT2D eigenvalue weighted by Gasteiger charge is 2.23. The molecule has 0 aliphatic carbocycles. The summed E-state index contributed by atoms with van der Waals surface area (Å²) in [6, 6.07) is 8.55. The second kappa shape index (κ2) is 8.86. The van der Waals surface area contributed by atoms with Crippen molar-refractivity contribution >= 4 is 23.3 Å². The van der Waals surface area contributed by atoms with Gasteiger partial charge in [-0.05, 0) is 44.0 Å². The molecule has 0 spiro atoms. The molecule has 1 unspecified atom stereocenters. The second-order valence-electron chi connectivity index (χ2n) is 7.08. The van der Waals surface area contributed by atoms with Crippen molar-refractivity contribution in [3.63, 3.8) is 0 Å². The molecule has 0 saturated carbocycles. The molecule has 0 aliphatic heterocycles. The number of carbonyl (C=O) groups excluding carboxylic acids is 2. The molecule has 3 rings (SSSR count). The summed E-state index contributed by atoms with van der Waals surface area (Å²) in [7, 11) is 3.02. The summed E-state index contributed by atoms with van der Waals surface area (Å²) < 4.78 is 12.2. The molecular weight excluding hydrogens is 384 g/mol. The largest absolute Gasteiger partial charge is 0.497 e. The van der Waals surface area contributed by atoms with Gasteiger partial charge in [0.1, 0.15) is 17.1 Å².